The summed E-state index contributed by atoms with van der Waals surface area (Å²) in [7, 11) is 1.62. The Hall–Kier alpha value is -1.34. The van der Waals surface area contributed by atoms with Gasteiger partial charge in [0.25, 0.3) is 0 Å². The summed E-state index contributed by atoms with van der Waals surface area (Å²) in [6, 6.07) is 5.31. The molecule has 88 valence electrons. The number of carbonyl (C=O) groups excluding carboxylic acids is 1. The van der Waals surface area contributed by atoms with Crippen LogP contribution in [-0.4, -0.2) is 21.1 Å². The van der Waals surface area contributed by atoms with Gasteiger partial charge in [-0.2, -0.15) is 0 Å². The molecule has 2 aromatic rings. The number of benzene rings is 1. The molecule has 1 aromatic carbocycles. The third kappa shape index (κ3) is 2.50. The lowest BCUT2D eigenvalue weighted by Gasteiger charge is -2.03. The maximum absolute atomic E-state index is 11.2. The van der Waals surface area contributed by atoms with Crippen molar-refractivity contribution in [2.24, 2.45) is 7.05 Å². The van der Waals surface area contributed by atoms with Gasteiger partial charge in [0.1, 0.15) is 0 Å². The van der Waals surface area contributed by atoms with E-state index < -0.39 is 0 Å². The molecular weight excluding hydrogens is 306 g/mol. The van der Waals surface area contributed by atoms with Crippen LogP contribution >= 0.6 is 27.7 Å². The largest absolute Gasteiger partial charge is 0.343 e. The lowest BCUT2D eigenvalue weighted by atomic mass is 10.2. The van der Waals surface area contributed by atoms with Crippen LogP contribution in [0.4, 0.5) is 0 Å². The van der Waals surface area contributed by atoms with Crippen LogP contribution in [-0.2, 0) is 7.05 Å². The number of aldehydes is 1. The molecule has 0 saturated heterocycles. The molecule has 0 radical (unpaired) electrons. The lowest BCUT2D eigenvalue weighted by molar-refractivity contribution is 0.112. The summed E-state index contributed by atoms with van der Waals surface area (Å²) in [4.78, 5) is 22.8. The smallest absolute Gasteiger partial charge is 0.298 e. The van der Waals surface area contributed by atoms with Crippen molar-refractivity contribution in [2.75, 3.05) is 0 Å². The molecule has 0 bridgehead atoms. The number of nitrogens with zero attached hydrogens (tertiary/aromatic N) is 2. The summed E-state index contributed by atoms with van der Waals surface area (Å²) in [6.07, 6.45) is 0.777. The average molecular weight is 314 g/mol. The first-order valence-corrected chi connectivity index (χ1v) is 6.26. The van der Waals surface area contributed by atoms with Crippen LogP contribution in [0.2, 0.25) is 0 Å². The van der Waals surface area contributed by atoms with Crippen LogP contribution in [0.3, 0.4) is 0 Å². The predicted molar refractivity (Wildman–Crippen MR) is 67.5 cm³/mol. The van der Waals surface area contributed by atoms with Crippen LogP contribution in [0.15, 0.2) is 37.5 Å². The standard InChI is InChI=1S/C10H8BrN3O2S/c1-14-9(16)12-13-10(14)17-8-4-7(11)3-2-6(8)5-15/h2-5H,1H3,(H,12,16). The zero-order valence-corrected chi connectivity index (χ0v) is 11.2. The highest BCUT2D eigenvalue weighted by Crippen LogP contribution is 2.29. The van der Waals surface area contributed by atoms with Crippen molar-refractivity contribution in [2.45, 2.75) is 10.1 Å². The number of hydrogen-bond donors (Lipinski definition) is 1. The summed E-state index contributed by atoms with van der Waals surface area (Å²) in [5, 5.41) is 6.73. The Morgan fingerprint density at radius 1 is 1.53 bits per heavy atom. The number of carbonyl (C=O) groups is 1. The summed E-state index contributed by atoms with van der Waals surface area (Å²) in [6.45, 7) is 0. The highest BCUT2D eigenvalue weighted by atomic mass is 79.9. The number of rotatable bonds is 3. The molecule has 0 spiro atoms. The first kappa shape index (κ1) is 12.1. The zero-order valence-electron chi connectivity index (χ0n) is 8.81. The minimum Gasteiger partial charge on any atom is -0.298 e. The molecule has 1 N–H and O–H groups in total. The van der Waals surface area contributed by atoms with Crippen molar-refractivity contribution in [3.05, 3.63) is 38.7 Å². The van der Waals surface area contributed by atoms with Gasteiger partial charge in [-0.15, -0.1) is 5.10 Å². The van der Waals surface area contributed by atoms with Crippen molar-refractivity contribution in [1.82, 2.24) is 14.8 Å². The first-order chi connectivity index (χ1) is 8.11. The average Bonchev–Trinajstić information content (AvgIpc) is 2.61. The monoisotopic (exact) mass is 313 g/mol. The number of aromatic amines is 1. The van der Waals surface area contributed by atoms with E-state index in [1.54, 1.807) is 19.2 Å². The summed E-state index contributed by atoms with van der Waals surface area (Å²) in [5.41, 5.74) is 0.281. The van der Waals surface area contributed by atoms with Crippen molar-refractivity contribution in [3.63, 3.8) is 0 Å². The molecule has 0 aliphatic carbocycles. The zero-order chi connectivity index (χ0) is 12.4. The molecule has 0 amide bonds. The summed E-state index contributed by atoms with van der Waals surface area (Å²) < 4.78 is 2.26. The van der Waals surface area contributed by atoms with Crippen LogP contribution in [0.5, 0.6) is 0 Å². The molecule has 0 fully saturated rings. The Bertz CT molecular complexity index is 620. The number of nitrogens with one attached hydrogen (secondary N) is 1. The van der Waals surface area contributed by atoms with Crippen LogP contribution in [0.25, 0.3) is 0 Å². The van der Waals surface area contributed by atoms with Gasteiger partial charge < -0.3 is 0 Å². The van der Waals surface area contributed by atoms with Crippen LogP contribution in [0.1, 0.15) is 10.4 Å². The number of hydrogen-bond acceptors (Lipinski definition) is 4. The second-order valence-corrected chi connectivity index (χ2v) is 5.20. The van der Waals surface area contributed by atoms with E-state index in [0.717, 1.165) is 15.7 Å². The van der Waals surface area contributed by atoms with E-state index in [9.17, 15) is 9.59 Å². The van der Waals surface area contributed by atoms with Gasteiger partial charge in [0.05, 0.1) is 0 Å². The molecule has 7 heteroatoms. The van der Waals surface area contributed by atoms with Gasteiger partial charge in [-0.3, -0.25) is 9.36 Å². The Balaban J connectivity index is 2.42. The second kappa shape index (κ2) is 4.89. The fraction of sp³-hybridized carbons (Fsp3) is 0.100. The van der Waals surface area contributed by atoms with E-state index in [2.05, 4.69) is 26.1 Å². The molecule has 2 rings (SSSR count). The molecule has 0 atom stereocenters. The van der Waals surface area contributed by atoms with E-state index >= 15 is 0 Å². The number of halogens is 1. The highest BCUT2D eigenvalue weighted by Gasteiger charge is 2.10. The molecule has 0 saturated carbocycles. The van der Waals surface area contributed by atoms with Crippen molar-refractivity contribution >= 4 is 34.0 Å². The van der Waals surface area contributed by atoms with Gasteiger partial charge in [-0.25, -0.2) is 9.89 Å². The number of aromatic nitrogens is 3. The minimum atomic E-state index is -0.282. The van der Waals surface area contributed by atoms with E-state index in [-0.39, 0.29) is 5.69 Å². The maximum atomic E-state index is 11.2. The molecule has 1 heterocycles. The normalized spacial score (nSPS) is 10.5. The van der Waals surface area contributed by atoms with Crippen LogP contribution in [0, 0.1) is 0 Å². The van der Waals surface area contributed by atoms with Crippen molar-refractivity contribution in [3.8, 4) is 0 Å². The highest BCUT2D eigenvalue weighted by molar-refractivity contribution is 9.10. The fourth-order valence-electron chi connectivity index (χ4n) is 1.22. The van der Waals surface area contributed by atoms with Gasteiger partial charge in [0.15, 0.2) is 11.4 Å². The van der Waals surface area contributed by atoms with Gasteiger partial charge in [-0.05, 0) is 30.0 Å². The van der Waals surface area contributed by atoms with E-state index in [0.29, 0.717) is 10.7 Å². The molecule has 1 aromatic heterocycles. The Kier molecular flexibility index (Phi) is 3.49. The third-order valence-electron chi connectivity index (χ3n) is 2.14. The van der Waals surface area contributed by atoms with Gasteiger partial charge in [-0.1, -0.05) is 15.9 Å². The minimum absolute atomic E-state index is 0.282. The van der Waals surface area contributed by atoms with E-state index in [1.165, 1.54) is 16.3 Å². The van der Waals surface area contributed by atoms with Gasteiger partial charge >= 0.3 is 5.69 Å². The third-order valence-corrected chi connectivity index (χ3v) is 3.76. The fourth-order valence-corrected chi connectivity index (χ4v) is 2.66. The number of H-pyrrole nitrogens is 1. The molecule has 0 unspecified atom stereocenters. The summed E-state index contributed by atoms with van der Waals surface area (Å²) in [5.74, 6) is 0. The molecule has 0 aliphatic rings. The summed E-state index contributed by atoms with van der Waals surface area (Å²) >= 11 is 4.60. The Morgan fingerprint density at radius 2 is 2.29 bits per heavy atom. The Morgan fingerprint density at radius 3 is 2.88 bits per heavy atom. The lowest BCUT2D eigenvalue weighted by Crippen LogP contribution is -2.12. The first-order valence-electron chi connectivity index (χ1n) is 4.66. The van der Waals surface area contributed by atoms with E-state index in [1.807, 2.05) is 6.07 Å². The molecule has 0 aliphatic heterocycles. The van der Waals surface area contributed by atoms with Gasteiger partial charge in [0.2, 0.25) is 0 Å². The van der Waals surface area contributed by atoms with E-state index in [4.69, 9.17) is 0 Å². The van der Waals surface area contributed by atoms with Crippen molar-refractivity contribution < 1.29 is 4.79 Å². The Labute approximate surface area is 109 Å². The molecule has 17 heavy (non-hydrogen) atoms. The molecule has 5 nitrogen and oxygen atoms in total. The van der Waals surface area contributed by atoms with Crippen molar-refractivity contribution in [1.29, 1.82) is 0 Å². The second-order valence-electron chi connectivity index (χ2n) is 3.27. The molecular formula is C10H8BrN3O2S. The SMILES string of the molecule is Cn1c(Sc2cc(Br)ccc2C=O)n[nH]c1=O. The maximum Gasteiger partial charge on any atom is 0.343 e. The van der Waals surface area contributed by atoms with Crippen LogP contribution < -0.4 is 5.69 Å². The quantitative estimate of drug-likeness (QED) is 0.878. The van der Waals surface area contributed by atoms with Gasteiger partial charge in [0, 0.05) is 22.0 Å². The topological polar surface area (TPSA) is 67.8 Å². The predicted octanol–water partition coefficient (Wildman–Crippen LogP) is 1.83.